The first kappa shape index (κ1) is 15.5. The Morgan fingerprint density at radius 2 is 1.95 bits per heavy atom. The fourth-order valence-electron chi connectivity index (χ4n) is 3.61. The molecule has 118 valence electrons. The predicted octanol–water partition coefficient (Wildman–Crippen LogP) is 3.13. The Labute approximate surface area is 138 Å². The van der Waals surface area contributed by atoms with E-state index in [0.717, 1.165) is 18.1 Å². The molecule has 1 aromatic rings. The maximum Gasteiger partial charge on any atom is 0.171 e. The lowest BCUT2D eigenvalue weighted by molar-refractivity contribution is 0.314. The minimum atomic E-state index is 0.231. The molecule has 1 aliphatic heterocycles. The molecule has 3 rings (SSSR count). The molecule has 0 bridgehead atoms. The zero-order valence-corrected chi connectivity index (χ0v) is 14.5. The zero-order valence-electron chi connectivity index (χ0n) is 13.6. The third-order valence-electron chi connectivity index (χ3n) is 4.62. The summed E-state index contributed by atoms with van der Waals surface area (Å²) in [4.78, 5) is 2.27. The van der Waals surface area contributed by atoms with Crippen molar-refractivity contribution < 1.29 is 0 Å². The number of thiocarbonyl (C=S) groups is 1. The van der Waals surface area contributed by atoms with Crippen molar-refractivity contribution >= 4 is 17.3 Å². The number of hydrogen-bond acceptors (Lipinski definition) is 2. The van der Waals surface area contributed by atoms with Crippen LogP contribution in [0.3, 0.4) is 0 Å². The number of nitrogens with one attached hydrogen (secondary N) is 2. The van der Waals surface area contributed by atoms with Crippen LogP contribution in [0.1, 0.15) is 36.4 Å². The van der Waals surface area contributed by atoms with Crippen molar-refractivity contribution in [2.24, 2.45) is 5.92 Å². The van der Waals surface area contributed by atoms with Gasteiger partial charge in [-0.05, 0) is 63.6 Å². The Kier molecular flexibility index (Phi) is 4.50. The van der Waals surface area contributed by atoms with E-state index in [0.29, 0.717) is 5.92 Å². The van der Waals surface area contributed by atoms with E-state index in [9.17, 15) is 0 Å². The van der Waals surface area contributed by atoms with E-state index >= 15 is 0 Å². The molecule has 2 aliphatic rings. The van der Waals surface area contributed by atoms with Crippen molar-refractivity contribution in [2.45, 2.75) is 32.2 Å². The van der Waals surface area contributed by atoms with Gasteiger partial charge in [-0.25, -0.2) is 0 Å². The second-order valence-electron chi connectivity index (χ2n) is 6.73. The quantitative estimate of drug-likeness (QED) is 0.838. The van der Waals surface area contributed by atoms with Gasteiger partial charge in [0, 0.05) is 18.2 Å². The Balaban J connectivity index is 1.96. The highest BCUT2D eigenvalue weighted by molar-refractivity contribution is 7.80. The normalized spacial score (nSPS) is 24.8. The predicted molar refractivity (Wildman–Crippen MR) is 95.7 cm³/mol. The summed E-state index contributed by atoms with van der Waals surface area (Å²) in [6.07, 6.45) is 3.66. The van der Waals surface area contributed by atoms with Crippen molar-refractivity contribution in [1.82, 2.24) is 15.5 Å². The molecular formula is C18H25N3S. The highest BCUT2D eigenvalue weighted by atomic mass is 32.1. The number of rotatable bonds is 3. The van der Waals surface area contributed by atoms with Crippen molar-refractivity contribution in [2.75, 3.05) is 20.6 Å². The van der Waals surface area contributed by atoms with E-state index in [2.05, 4.69) is 60.8 Å². The summed E-state index contributed by atoms with van der Waals surface area (Å²) in [6.45, 7) is 3.21. The van der Waals surface area contributed by atoms with Crippen LogP contribution >= 0.6 is 12.2 Å². The Hall–Kier alpha value is -1.39. The SMILES string of the molecule is Cc1ccc(C2NC(=S)NC3=C2CCCC3CN(C)C)cc1. The molecule has 2 N–H and O–H groups in total. The van der Waals surface area contributed by atoms with E-state index in [4.69, 9.17) is 12.2 Å². The third-order valence-corrected chi connectivity index (χ3v) is 4.84. The Bertz CT molecular complexity index is 589. The zero-order chi connectivity index (χ0) is 15.7. The van der Waals surface area contributed by atoms with Gasteiger partial charge in [-0.2, -0.15) is 0 Å². The van der Waals surface area contributed by atoms with Crippen LogP contribution in [0.2, 0.25) is 0 Å². The van der Waals surface area contributed by atoms with Crippen LogP contribution in [-0.2, 0) is 0 Å². The van der Waals surface area contributed by atoms with E-state index in [1.165, 1.54) is 35.2 Å². The van der Waals surface area contributed by atoms with Crippen molar-refractivity contribution in [3.8, 4) is 0 Å². The lowest BCUT2D eigenvalue weighted by atomic mass is 9.80. The van der Waals surface area contributed by atoms with Gasteiger partial charge in [-0.1, -0.05) is 29.8 Å². The van der Waals surface area contributed by atoms with Crippen molar-refractivity contribution in [3.63, 3.8) is 0 Å². The Morgan fingerprint density at radius 3 is 2.64 bits per heavy atom. The van der Waals surface area contributed by atoms with Crippen LogP contribution in [0.4, 0.5) is 0 Å². The second-order valence-corrected chi connectivity index (χ2v) is 7.14. The fourth-order valence-corrected chi connectivity index (χ4v) is 3.83. The maximum atomic E-state index is 5.47. The van der Waals surface area contributed by atoms with E-state index < -0.39 is 0 Å². The summed E-state index contributed by atoms with van der Waals surface area (Å²) >= 11 is 5.47. The summed E-state index contributed by atoms with van der Waals surface area (Å²) in [7, 11) is 4.29. The molecule has 0 fully saturated rings. The summed E-state index contributed by atoms with van der Waals surface area (Å²) in [5.74, 6) is 0.562. The van der Waals surface area contributed by atoms with Gasteiger partial charge in [0.1, 0.15) is 0 Å². The smallest absolute Gasteiger partial charge is 0.171 e. The largest absolute Gasteiger partial charge is 0.352 e. The average Bonchev–Trinajstić information content (AvgIpc) is 2.47. The van der Waals surface area contributed by atoms with E-state index in [1.54, 1.807) is 0 Å². The molecule has 2 atom stereocenters. The molecule has 1 aliphatic carbocycles. The fraction of sp³-hybridized carbons (Fsp3) is 0.500. The molecule has 0 radical (unpaired) electrons. The molecule has 1 heterocycles. The lowest BCUT2D eigenvalue weighted by Crippen LogP contribution is -2.47. The minimum absolute atomic E-state index is 0.231. The monoisotopic (exact) mass is 315 g/mol. The molecular weight excluding hydrogens is 290 g/mol. The number of aryl methyl sites for hydroxylation is 1. The molecule has 0 aromatic heterocycles. The van der Waals surface area contributed by atoms with Crippen molar-refractivity contribution in [1.29, 1.82) is 0 Å². The molecule has 2 unspecified atom stereocenters. The van der Waals surface area contributed by atoms with Gasteiger partial charge in [0.25, 0.3) is 0 Å². The molecule has 0 amide bonds. The minimum Gasteiger partial charge on any atom is -0.352 e. The van der Waals surface area contributed by atoms with E-state index in [-0.39, 0.29) is 6.04 Å². The topological polar surface area (TPSA) is 27.3 Å². The number of hydrogen-bond donors (Lipinski definition) is 2. The van der Waals surface area contributed by atoms with Crippen molar-refractivity contribution in [3.05, 3.63) is 46.7 Å². The molecule has 3 nitrogen and oxygen atoms in total. The highest BCUT2D eigenvalue weighted by Crippen LogP contribution is 2.38. The van der Waals surface area contributed by atoms with Gasteiger partial charge >= 0.3 is 0 Å². The van der Waals surface area contributed by atoms with Gasteiger partial charge < -0.3 is 15.5 Å². The first-order valence-electron chi connectivity index (χ1n) is 8.06. The third kappa shape index (κ3) is 3.18. The van der Waals surface area contributed by atoms with Gasteiger partial charge in [-0.3, -0.25) is 0 Å². The summed E-state index contributed by atoms with van der Waals surface area (Å²) in [5, 5.41) is 7.69. The summed E-state index contributed by atoms with van der Waals surface area (Å²) < 4.78 is 0. The van der Waals surface area contributed by atoms with Gasteiger partial charge in [-0.15, -0.1) is 0 Å². The Morgan fingerprint density at radius 1 is 1.23 bits per heavy atom. The van der Waals surface area contributed by atoms with Crippen LogP contribution < -0.4 is 10.6 Å². The van der Waals surface area contributed by atoms with Crippen LogP contribution in [0.5, 0.6) is 0 Å². The highest BCUT2D eigenvalue weighted by Gasteiger charge is 2.32. The molecule has 0 spiro atoms. The van der Waals surface area contributed by atoms with Crippen LogP contribution in [-0.4, -0.2) is 30.7 Å². The first-order valence-corrected chi connectivity index (χ1v) is 8.47. The molecule has 0 saturated heterocycles. The first-order chi connectivity index (χ1) is 10.5. The summed E-state index contributed by atoms with van der Waals surface area (Å²) in [5.41, 5.74) is 5.47. The average molecular weight is 315 g/mol. The molecule has 4 heteroatoms. The number of benzene rings is 1. The van der Waals surface area contributed by atoms with Crippen LogP contribution in [0, 0.1) is 12.8 Å². The van der Waals surface area contributed by atoms with Gasteiger partial charge in [0.15, 0.2) is 5.11 Å². The maximum absolute atomic E-state index is 5.47. The standard InChI is InChI=1S/C18H25N3S/c1-12-7-9-13(10-8-12)16-15-6-4-5-14(11-21(2)3)17(15)20-18(22)19-16/h7-10,14,16H,4-6,11H2,1-3H3,(H2,19,20,22). The molecule has 0 saturated carbocycles. The van der Waals surface area contributed by atoms with Crippen LogP contribution in [0.25, 0.3) is 0 Å². The lowest BCUT2D eigenvalue weighted by Gasteiger charge is -2.39. The summed E-state index contributed by atoms with van der Waals surface area (Å²) in [6, 6.07) is 9.04. The van der Waals surface area contributed by atoms with Gasteiger partial charge in [0.2, 0.25) is 0 Å². The second kappa shape index (κ2) is 6.39. The number of nitrogens with zero attached hydrogens (tertiary/aromatic N) is 1. The molecule has 1 aromatic carbocycles. The van der Waals surface area contributed by atoms with Crippen LogP contribution in [0.15, 0.2) is 35.5 Å². The molecule has 22 heavy (non-hydrogen) atoms. The van der Waals surface area contributed by atoms with E-state index in [1.807, 2.05) is 0 Å². The van der Waals surface area contributed by atoms with Gasteiger partial charge in [0.05, 0.1) is 6.04 Å².